The molecule has 0 spiro atoms. The first kappa shape index (κ1) is 5.72. The van der Waals surface area contributed by atoms with E-state index in [1.54, 1.807) is 0 Å². The van der Waals surface area contributed by atoms with E-state index >= 15 is 0 Å². The van der Waals surface area contributed by atoms with Gasteiger partial charge in [-0.3, -0.25) is 0 Å². The van der Waals surface area contributed by atoms with E-state index in [1.165, 1.54) is 31.8 Å². The average Bonchev–Trinajstić information content (AvgIpc) is 2.64. The van der Waals surface area contributed by atoms with Gasteiger partial charge in [0.05, 0.1) is 6.10 Å². The molecule has 0 amide bonds. The number of epoxide rings is 1. The summed E-state index contributed by atoms with van der Waals surface area (Å²) < 4.78 is 5.33. The molecular weight excluding hydrogens is 112 g/mol. The molecule has 0 bridgehead atoms. The van der Waals surface area contributed by atoms with E-state index in [0.29, 0.717) is 6.10 Å². The summed E-state index contributed by atoms with van der Waals surface area (Å²) in [6, 6.07) is 0. The summed E-state index contributed by atoms with van der Waals surface area (Å²) >= 11 is 0. The summed E-state index contributed by atoms with van der Waals surface area (Å²) in [6.45, 7) is 2.28. The Morgan fingerprint density at radius 2 is 2.56 bits per heavy atom. The topological polar surface area (TPSA) is 12.5 Å². The summed E-state index contributed by atoms with van der Waals surface area (Å²) in [5.74, 6) is 0.959. The van der Waals surface area contributed by atoms with Crippen molar-refractivity contribution in [2.24, 2.45) is 5.92 Å². The van der Waals surface area contributed by atoms with Gasteiger partial charge in [0, 0.05) is 0 Å². The Morgan fingerprint density at radius 1 is 1.67 bits per heavy atom. The van der Waals surface area contributed by atoms with Gasteiger partial charge >= 0.3 is 0 Å². The van der Waals surface area contributed by atoms with Crippen molar-refractivity contribution in [3.8, 4) is 0 Å². The normalized spacial score (nSPS) is 42.3. The van der Waals surface area contributed by atoms with Crippen LogP contribution in [-0.4, -0.2) is 6.10 Å². The molecule has 51 valence electrons. The third kappa shape index (κ3) is 0.983. The minimum absolute atomic E-state index is 0.601. The number of rotatable bonds is 1. The number of hydrogen-bond acceptors (Lipinski definition) is 1. The highest BCUT2D eigenvalue weighted by molar-refractivity contribution is 5.07. The zero-order valence-corrected chi connectivity index (χ0v) is 5.89. The van der Waals surface area contributed by atoms with Crippen molar-refractivity contribution in [2.45, 2.75) is 38.7 Å². The van der Waals surface area contributed by atoms with Crippen molar-refractivity contribution in [3.05, 3.63) is 6.10 Å². The lowest BCUT2D eigenvalue weighted by molar-refractivity contribution is 0.360. The Morgan fingerprint density at radius 3 is 3.22 bits per heavy atom. The van der Waals surface area contributed by atoms with Gasteiger partial charge in [0.2, 0.25) is 0 Å². The number of ether oxygens (including phenoxy) is 1. The maximum absolute atomic E-state index is 5.33. The van der Waals surface area contributed by atoms with Crippen LogP contribution in [0.25, 0.3) is 0 Å². The molecule has 2 rings (SSSR count). The van der Waals surface area contributed by atoms with Crippen molar-refractivity contribution >= 4 is 0 Å². The Labute approximate surface area is 56.4 Å². The third-order valence-corrected chi connectivity index (χ3v) is 2.52. The van der Waals surface area contributed by atoms with E-state index in [1.807, 2.05) is 0 Å². The zero-order chi connectivity index (χ0) is 6.27. The van der Waals surface area contributed by atoms with Gasteiger partial charge < -0.3 is 4.74 Å². The minimum atomic E-state index is 0.601. The van der Waals surface area contributed by atoms with Gasteiger partial charge in [0.15, 0.2) is 0 Å². The van der Waals surface area contributed by atoms with Gasteiger partial charge in [-0.05, 0) is 25.2 Å². The molecule has 1 radical (unpaired) electrons. The Bertz CT molecular complexity index is 111. The molecule has 0 N–H and O–H groups in total. The van der Waals surface area contributed by atoms with Crippen LogP contribution in [0.2, 0.25) is 0 Å². The first-order valence-corrected chi connectivity index (χ1v) is 3.92. The van der Waals surface area contributed by atoms with Crippen molar-refractivity contribution in [3.63, 3.8) is 0 Å². The van der Waals surface area contributed by atoms with E-state index < -0.39 is 0 Å². The lowest BCUT2D eigenvalue weighted by Gasteiger charge is -2.15. The van der Waals surface area contributed by atoms with Gasteiger partial charge in [0.25, 0.3) is 0 Å². The molecule has 1 heterocycles. The lowest BCUT2D eigenvalue weighted by atomic mass is 9.88. The molecule has 2 unspecified atom stereocenters. The molecule has 1 aliphatic heterocycles. The molecule has 1 heteroatoms. The second-order valence-electron chi connectivity index (χ2n) is 3.12. The van der Waals surface area contributed by atoms with Crippen LogP contribution < -0.4 is 0 Å². The zero-order valence-electron chi connectivity index (χ0n) is 5.89. The maximum Gasteiger partial charge on any atom is 0.126 e. The van der Waals surface area contributed by atoms with Gasteiger partial charge in [-0.2, -0.15) is 0 Å². The first-order valence-electron chi connectivity index (χ1n) is 3.92. The van der Waals surface area contributed by atoms with Gasteiger partial charge in [-0.15, -0.1) is 0 Å². The van der Waals surface area contributed by atoms with Crippen LogP contribution in [0, 0.1) is 12.0 Å². The summed E-state index contributed by atoms with van der Waals surface area (Å²) in [6.07, 6.45) is 7.27. The van der Waals surface area contributed by atoms with Crippen LogP contribution >= 0.6 is 0 Å². The first-order chi connectivity index (χ1) is 4.40. The highest BCUT2D eigenvalue weighted by atomic mass is 16.6. The highest BCUT2D eigenvalue weighted by Crippen LogP contribution is 2.46. The van der Waals surface area contributed by atoms with Crippen LogP contribution in [0.1, 0.15) is 32.6 Å². The Balaban J connectivity index is 1.86. The largest absolute Gasteiger partial charge is 0.363 e. The number of fused-ring (bicyclic) bond motifs is 1. The molecule has 0 aromatic rings. The molecule has 2 atom stereocenters. The van der Waals surface area contributed by atoms with Crippen LogP contribution in [0.3, 0.4) is 0 Å². The summed E-state index contributed by atoms with van der Waals surface area (Å²) in [5.41, 5.74) is 0. The fourth-order valence-electron chi connectivity index (χ4n) is 1.69. The Kier molecular flexibility index (Phi) is 1.26. The van der Waals surface area contributed by atoms with E-state index in [4.69, 9.17) is 4.74 Å². The molecule has 9 heavy (non-hydrogen) atoms. The standard InChI is InChI=1S/C8H13O/c1-2-6-3-4-7-8(5-6)9-7/h6,8H,2-5H2,1H3. The fraction of sp³-hybridized carbons (Fsp3) is 0.875. The molecule has 0 aromatic heterocycles. The van der Waals surface area contributed by atoms with Gasteiger partial charge in [-0.25, -0.2) is 0 Å². The molecular formula is C8H13O. The lowest BCUT2D eigenvalue weighted by Crippen LogP contribution is -2.08. The predicted octanol–water partition coefficient (Wildman–Crippen LogP) is 2.13. The molecule has 2 aliphatic rings. The average molecular weight is 125 g/mol. The van der Waals surface area contributed by atoms with Crippen LogP contribution in [0.15, 0.2) is 0 Å². The van der Waals surface area contributed by atoms with E-state index in [-0.39, 0.29) is 0 Å². The second-order valence-corrected chi connectivity index (χ2v) is 3.12. The highest BCUT2D eigenvalue weighted by Gasteiger charge is 2.44. The van der Waals surface area contributed by atoms with Crippen molar-refractivity contribution in [2.75, 3.05) is 0 Å². The van der Waals surface area contributed by atoms with Crippen LogP contribution in [-0.2, 0) is 4.74 Å². The van der Waals surface area contributed by atoms with Crippen LogP contribution in [0.4, 0.5) is 0 Å². The van der Waals surface area contributed by atoms with E-state index in [0.717, 1.165) is 5.92 Å². The summed E-state index contributed by atoms with van der Waals surface area (Å²) in [5, 5.41) is 0. The second kappa shape index (κ2) is 1.98. The molecule has 1 nitrogen and oxygen atoms in total. The van der Waals surface area contributed by atoms with E-state index in [2.05, 4.69) is 6.92 Å². The minimum Gasteiger partial charge on any atom is -0.363 e. The predicted molar refractivity (Wildman–Crippen MR) is 35.7 cm³/mol. The van der Waals surface area contributed by atoms with Crippen molar-refractivity contribution < 1.29 is 4.74 Å². The van der Waals surface area contributed by atoms with Gasteiger partial charge in [0.1, 0.15) is 6.10 Å². The van der Waals surface area contributed by atoms with Crippen molar-refractivity contribution in [1.82, 2.24) is 0 Å². The van der Waals surface area contributed by atoms with Crippen molar-refractivity contribution in [1.29, 1.82) is 0 Å². The summed E-state index contributed by atoms with van der Waals surface area (Å²) in [4.78, 5) is 0. The third-order valence-electron chi connectivity index (χ3n) is 2.52. The number of hydrogen-bond donors (Lipinski definition) is 0. The molecule has 1 aliphatic carbocycles. The fourth-order valence-corrected chi connectivity index (χ4v) is 1.69. The Hall–Kier alpha value is -0.0400. The van der Waals surface area contributed by atoms with Crippen LogP contribution in [0.5, 0.6) is 0 Å². The quantitative estimate of drug-likeness (QED) is 0.489. The smallest absolute Gasteiger partial charge is 0.126 e. The monoisotopic (exact) mass is 125 g/mol. The molecule has 1 saturated carbocycles. The summed E-state index contributed by atoms with van der Waals surface area (Å²) in [7, 11) is 0. The van der Waals surface area contributed by atoms with Gasteiger partial charge in [-0.1, -0.05) is 13.3 Å². The molecule has 2 fully saturated rings. The SMILES string of the molecule is CCC1CC[C]2OC2C1. The molecule has 1 saturated heterocycles. The maximum atomic E-state index is 5.33. The molecule has 0 aromatic carbocycles. The van der Waals surface area contributed by atoms with E-state index in [9.17, 15) is 0 Å².